The molecule has 1 N–H and O–H groups in total. The molecule has 3 heterocycles. The van der Waals surface area contributed by atoms with Gasteiger partial charge in [0.05, 0.1) is 64.9 Å². The number of rotatable bonds is 11. The standard InChI is InChI=1S/C37H34F2N6O5S/c1-44-35-27(19-42-44)36(41-17-23-7-10-26(49-2)16-32(23)50-3)43-30-14-21(13-28(39)34(30)35)20-45(31-12-9-25(38)15-33(31)51(4,47)48)37(46)24-8-11-29(40-18-24)22-5-6-22/h7-16,18-19,22H,5-6,17,20H2,1-4H3,(H,41,43). The number of hydrogen-bond donors (Lipinski definition) is 1. The average Bonchev–Trinajstić information content (AvgIpc) is 3.90. The zero-order valence-electron chi connectivity index (χ0n) is 28.3. The molecule has 51 heavy (non-hydrogen) atoms. The number of methoxy groups -OCH3 is 2. The molecule has 3 aromatic heterocycles. The van der Waals surface area contributed by atoms with Gasteiger partial charge in [-0.1, -0.05) is 0 Å². The second-order valence-electron chi connectivity index (χ2n) is 12.5. The van der Waals surface area contributed by atoms with Gasteiger partial charge >= 0.3 is 0 Å². The van der Waals surface area contributed by atoms with Gasteiger partial charge in [0.1, 0.15) is 29.0 Å². The highest BCUT2D eigenvalue weighted by Gasteiger charge is 2.28. The highest BCUT2D eigenvalue weighted by Crippen LogP contribution is 2.39. The van der Waals surface area contributed by atoms with E-state index in [4.69, 9.17) is 14.5 Å². The first-order valence-electron chi connectivity index (χ1n) is 16.1. The zero-order chi connectivity index (χ0) is 36.0. The molecular formula is C37H34F2N6O5S. The van der Waals surface area contributed by atoms with E-state index < -0.39 is 27.4 Å². The first-order valence-corrected chi connectivity index (χ1v) is 18.0. The van der Waals surface area contributed by atoms with Crippen molar-refractivity contribution in [3.05, 3.63) is 107 Å². The van der Waals surface area contributed by atoms with Crippen molar-refractivity contribution in [3.8, 4) is 11.5 Å². The summed E-state index contributed by atoms with van der Waals surface area (Å²) >= 11 is 0. The van der Waals surface area contributed by atoms with E-state index in [0.29, 0.717) is 46.2 Å². The summed E-state index contributed by atoms with van der Waals surface area (Å²) < 4.78 is 68.8. The van der Waals surface area contributed by atoms with Gasteiger partial charge in [0.25, 0.3) is 5.91 Å². The highest BCUT2D eigenvalue weighted by atomic mass is 32.2. The molecule has 11 nitrogen and oxygen atoms in total. The molecule has 0 saturated heterocycles. The largest absolute Gasteiger partial charge is 0.497 e. The number of halogens is 2. The van der Waals surface area contributed by atoms with Crippen LogP contribution in [0.2, 0.25) is 0 Å². The van der Waals surface area contributed by atoms with Gasteiger partial charge in [-0.05, 0) is 73.0 Å². The molecule has 7 rings (SSSR count). The summed E-state index contributed by atoms with van der Waals surface area (Å²) in [5.41, 5.74) is 2.93. The van der Waals surface area contributed by atoms with Crippen molar-refractivity contribution in [2.45, 2.75) is 36.7 Å². The van der Waals surface area contributed by atoms with Gasteiger partial charge in [-0.15, -0.1) is 0 Å². The van der Waals surface area contributed by atoms with Crippen LogP contribution in [0.4, 0.5) is 20.3 Å². The maximum Gasteiger partial charge on any atom is 0.260 e. The Morgan fingerprint density at radius 1 is 1.02 bits per heavy atom. The number of nitrogens with zero attached hydrogens (tertiary/aromatic N) is 5. The normalized spacial score (nSPS) is 13.1. The molecule has 0 radical (unpaired) electrons. The van der Waals surface area contributed by atoms with Crippen molar-refractivity contribution in [2.75, 3.05) is 30.7 Å². The quantitative estimate of drug-likeness (QED) is 0.159. The lowest BCUT2D eigenvalue weighted by Crippen LogP contribution is -2.32. The Morgan fingerprint density at radius 2 is 1.82 bits per heavy atom. The van der Waals surface area contributed by atoms with Gasteiger partial charge in [0, 0.05) is 49.3 Å². The van der Waals surface area contributed by atoms with E-state index >= 15 is 4.39 Å². The fourth-order valence-electron chi connectivity index (χ4n) is 6.23. The molecule has 1 saturated carbocycles. The summed E-state index contributed by atoms with van der Waals surface area (Å²) in [7, 11) is 0.841. The SMILES string of the molecule is COc1ccc(CNc2nc3cc(CN(C(=O)c4ccc(C5CC5)nc4)c4ccc(F)cc4S(C)(=O)=O)cc(F)c3c3c2cnn3C)c(OC)c1. The number of ether oxygens (including phenoxy) is 2. The van der Waals surface area contributed by atoms with Crippen molar-refractivity contribution in [3.63, 3.8) is 0 Å². The molecule has 0 aliphatic heterocycles. The van der Waals surface area contributed by atoms with Crippen LogP contribution < -0.4 is 19.7 Å². The third-order valence-electron chi connectivity index (χ3n) is 8.96. The predicted octanol–water partition coefficient (Wildman–Crippen LogP) is 6.55. The summed E-state index contributed by atoms with van der Waals surface area (Å²) in [4.78, 5) is 24.2. The number of pyridine rings is 2. The maximum atomic E-state index is 16.2. The summed E-state index contributed by atoms with van der Waals surface area (Å²) in [5, 5.41) is 8.51. The molecule has 0 unspecified atom stereocenters. The number of anilines is 2. The Balaban J connectivity index is 1.31. The summed E-state index contributed by atoms with van der Waals surface area (Å²) in [6, 6.07) is 15.0. The molecule has 3 aromatic carbocycles. The van der Waals surface area contributed by atoms with E-state index in [1.807, 2.05) is 12.1 Å². The molecule has 14 heteroatoms. The zero-order valence-corrected chi connectivity index (χ0v) is 29.1. The Labute approximate surface area is 292 Å². The number of nitrogens with one attached hydrogen (secondary N) is 1. The van der Waals surface area contributed by atoms with Gasteiger partial charge in [0.15, 0.2) is 9.84 Å². The lowest BCUT2D eigenvalue weighted by atomic mass is 10.1. The molecular weight excluding hydrogens is 679 g/mol. The van der Waals surface area contributed by atoms with E-state index in [9.17, 15) is 17.6 Å². The lowest BCUT2D eigenvalue weighted by molar-refractivity contribution is 0.0984. The van der Waals surface area contributed by atoms with Gasteiger partial charge in [-0.2, -0.15) is 5.10 Å². The van der Waals surface area contributed by atoms with Crippen LogP contribution in [0.3, 0.4) is 0 Å². The Bertz CT molecular complexity index is 2430. The van der Waals surface area contributed by atoms with E-state index in [0.717, 1.165) is 42.5 Å². The van der Waals surface area contributed by atoms with E-state index in [-0.39, 0.29) is 33.6 Å². The fraction of sp³-hybridized carbons (Fsp3) is 0.243. The summed E-state index contributed by atoms with van der Waals surface area (Å²) in [6.07, 6.45) is 6.05. The van der Waals surface area contributed by atoms with Crippen LogP contribution in [0.1, 0.15) is 45.9 Å². The maximum absolute atomic E-state index is 16.2. The average molecular weight is 713 g/mol. The molecule has 6 aromatic rings. The van der Waals surface area contributed by atoms with Crippen molar-refractivity contribution < 1.29 is 31.5 Å². The first kappa shape index (κ1) is 33.8. The topological polar surface area (TPSA) is 129 Å². The first-order chi connectivity index (χ1) is 24.4. The molecule has 0 bridgehead atoms. The van der Waals surface area contributed by atoms with Crippen molar-refractivity contribution in [1.82, 2.24) is 19.7 Å². The fourth-order valence-corrected chi connectivity index (χ4v) is 7.11. The number of sulfone groups is 1. The number of aryl methyl sites for hydroxylation is 1. The summed E-state index contributed by atoms with van der Waals surface area (Å²) in [6.45, 7) is 0.0493. The molecule has 1 aliphatic rings. The minimum atomic E-state index is -4.00. The van der Waals surface area contributed by atoms with Crippen molar-refractivity contribution in [1.29, 1.82) is 0 Å². The van der Waals surface area contributed by atoms with E-state index in [1.54, 1.807) is 56.4 Å². The van der Waals surface area contributed by atoms with Crippen LogP contribution in [0.25, 0.3) is 21.8 Å². The monoisotopic (exact) mass is 712 g/mol. The Kier molecular flexibility index (Phi) is 8.79. The second-order valence-corrected chi connectivity index (χ2v) is 14.5. The second kappa shape index (κ2) is 13.2. The van der Waals surface area contributed by atoms with Crippen LogP contribution in [0, 0.1) is 11.6 Å². The van der Waals surface area contributed by atoms with Gasteiger partial charge < -0.3 is 19.7 Å². The third kappa shape index (κ3) is 6.66. The molecule has 0 atom stereocenters. The van der Waals surface area contributed by atoms with Crippen molar-refractivity contribution >= 4 is 49.1 Å². The van der Waals surface area contributed by atoms with Gasteiger partial charge in [-0.3, -0.25) is 14.5 Å². The molecule has 0 spiro atoms. The minimum Gasteiger partial charge on any atom is -0.497 e. The van der Waals surface area contributed by atoms with Gasteiger partial charge in [-0.25, -0.2) is 22.2 Å². The lowest BCUT2D eigenvalue weighted by Gasteiger charge is -2.25. The Hall–Kier alpha value is -5.63. The Morgan fingerprint density at radius 3 is 2.51 bits per heavy atom. The van der Waals surface area contributed by atoms with Crippen LogP contribution >= 0.6 is 0 Å². The number of fused-ring (bicyclic) bond motifs is 3. The smallest absolute Gasteiger partial charge is 0.260 e. The van der Waals surface area contributed by atoms with Crippen LogP contribution in [0.15, 0.2) is 78.0 Å². The highest BCUT2D eigenvalue weighted by molar-refractivity contribution is 7.90. The van der Waals surface area contributed by atoms with Crippen LogP contribution in [-0.2, 0) is 30.0 Å². The number of amides is 1. The minimum absolute atomic E-state index is 0.0542. The van der Waals surface area contributed by atoms with Crippen LogP contribution in [0.5, 0.6) is 11.5 Å². The van der Waals surface area contributed by atoms with Crippen molar-refractivity contribution in [2.24, 2.45) is 7.05 Å². The van der Waals surface area contributed by atoms with E-state index in [1.165, 1.54) is 23.2 Å². The van der Waals surface area contributed by atoms with E-state index in [2.05, 4.69) is 15.4 Å². The number of hydrogen-bond acceptors (Lipinski definition) is 9. The molecule has 1 amide bonds. The number of aromatic nitrogens is 4. The number of carbonyl (C=O) groups is 1. The molecule has 1 aliphatic carbocycles. The number of carbonyl (C=O) groups excluding carboxylic acids is 1. The van der Waals surface area contributed by atoms with Crippen LogP contribution in [-0.4, -0.2) is 54.5 Å². The summed E-state index contributed by atoms with van der Waals surface area (Å²) in [5.74, 6) is 0.0547. The molecule has 1 fully saturated rings. The molecule has 262 valence electrons. The predicted molar refractivity (Wildman–Crippen MR) is 189 cm³/mol. The van der Waals surface area contributed by atoms with Gasteiger partial charge in [0.2, 0.25) is 0 Å². The number of benzene rings is 3. The third-order valence-corrected chi connectivity index (χ3v) is 10.1.